The maximum atomic E-state index is 10.6. The van der Waals surface area contributed by atoms with Gasteiger partial charge >= 0.3 is 5.97 Å². The van der Waals surface area contributed by atoms with E-state index in [2.05, 4.69) is 27.3 Å². The highest BCUT2D eigenvalue weighted by atomic mass is 79.9. The van der Waals surface area contributed by atoms with Gasteiger partial charge in [-0.2, -0.15) is 0 Å². The molecule has 1 aromatic carbocycles. The Balaban J connectivity index is 2.14. The highest BCUT2D eigenvalue weighted by Crippen LogP contribution is 2.28. The van der Waals surface area contributed by atoms with Gasteiger partial charge in [-0.15, -0.1) is 0 Å². The fourth-order valence-electron chi connectivity index (χ4n) is 1.93. The number of nitrogens with one attached hydrogen (secondary N) is 1. The molecule has 1 heterocycles. The molecule has 0 fully saturated rings. The van der Waals surface area contributed by atoms with Gasteiger partial charge < -0.3 is 10.4 Å². The van der Waals surface area contributed by atoms with E-state index in [0.717, 1.165) is 23.1 Å². The van der Waals surface area contributed by atoms with Crippen molar-refractivity contribution < 1.29 is 9.90 Å². The van der Waals surface area contributed by atoms with Gasteiger partial charge in [0.1, 0.15) is 0 Å². The van der Waals surface area contributed by atoms with E-state index < -0.39 is 5.97 Å². The molecule has 2 rings (SSSR count). The summed E-state index contributed by atoms with van der Waals surface area (Å²) >= 11 is 3.42. The molecule has 15 heavy (non-hydrogen) atoms. The Bertz CT molecular complexity index is 392. The topological polar surface area (TPSA) is 49.3 Å². The zero-order valence-corrected chi connectivity index (χ0v) is 9.75. The van der Waals surface area contributed by atoms with Crippen molar-refractivity contribution in [2.45, 2.75) is 12.8 Å². The van der Waals surface area contributed by atoms with Crippen LogP contribution in [0.3, 0.4) is 0 Å². The zero-order chi connectivity index (χ0) is 10.8. The number of carboxylic acid groups (broad SMARTS) is 1. The first kappa shape index (κ1) is 10.5. The molecule has 0 spiro atoms. The number of hydrogen-bond acceptors (Lipinski definition) is 2. The Morgan fingerprint density at radius 1 is 1.60 bits per heavy atom. The molecular formula is C11H12BrNO2. The SMILES string of the molecule is O=C(O)CC1CNc2ccc(Br)cc2C1. The molecule has 0 saturated carbocycles. The average Bonchev–Trinajstić information content (AvgIpc) is 2.16. The first-order valence-corrected chi connectivity index (χ1v) is 5.68. The minimum absolute atomic E-state index is 0.198. The molecule has 1 unspecified atom stereocenters. The van der Waals surface area contributed by atoms with Crippen molar-refractivity contribution in [3.63, 3.8) is 0 Å². The summed E-state index contributed by atoms with van der Waals surface area (Å²) in [6.45, 7) is 0.751. The molecular weight excluding hydrogens is 258 g/mol. The number of anilines is 1. The molecule has 1 aliphatic heterocycles. The fraction of sp³-hybridized carbons (Fsp3) is 0.364. The second-order valence-electron chi connectivity index (χ2n) is 3.85. The molecule has 1 aliphatic rings. The number of fused-ring (bicyclic) bond motifs is 1. The van der Waals surface area contributed by atoms with Crippen LogP contribution in [0.4, 0.5) is 5.69 Å². The van der Waals surface area contributed by atoms with E-state index in [9.17, 15) is 4.79 Å². The molecule has 80 valence electrons. The van der Waals surface area contributed by atoms with Gasteiger partial charge in [-0.1, -0.05) is 15.9 Å². The molecule has 0 saturated heterocycles. The lowest BCUT2D eigenvalue weighted by Gasteiger charge is -2.25. The van der Waals surface area contributed by atoms with Gasteiger partial charge in [0.05, 0.1) is 6.42 Å². The molecule has 1 aromatic rings. The van der Waals surface area contributed by atoms with E-state index in [1.165, 1.54) is 5.56 Å². The largest absolute Gasteiger partial charge is 0.481 e. The standard InChI is InChI=1S/C11H12BrNO2/c12-9-1-2-10-8(5-9)3-7(6-13-10)4-11(14)15/h1-2,5,7,13H,3-4,6H2,(H,14,15). The van der Waals surface area contributed by atoms with Crippen LogP contribution in [-0.2, 0) is 11.2 Å². The third-order valence-corrected chi connectivity index (χ3v) is 3.11. The lowest BCUT2D eigenvalue weighted by Crippen LogP contribution is -2.25. The number of halogens is 1. The Morgan fingerprint density at radius 2 is 2.40 bits per heavy atom. The van der Waals surface area contributed by atoms with Crippen molar-refractivity contribution in [1.82, 2.24) is 0 Å². The van der Waals surface area contributed by atoms with Crippen molar-refractivity contribution >= 4 is 27.6 Å². The lowest BCUT2D eigenvalue weighted by atomic mass is 9.92. The van der Waals surface area contributed by atoms with E-state index in [1.54, 1.807) is 0 Å². The van der Waals surface area contributed by atoms with Crippen molar-refractivity contribution in [2.75, 3.05) is 11.9 Å². The number of rotatable bonds is 2. The highest BCUT2D eigenvalue weighted by molar-refractivity contribution is 9.10. The van der Waals surface area contributed by atoms with E-state index in [1.807, 2.05) is 12.1 Å². The van der Waals surface area contributed by atoms with Crippen LogP contribution in [0.5, 0.6) is 0 Å². The van der Waals surface area contributed by atoms with Gasteiger partial charge in [0.15, 0.2) is 0 Å². The average molecular weight is 270 g/mol. The van der Waals surface area contributed by atoms with Crippen molar-refractivity contribution in [1.29, 1.82) is 0 Å². The summed E-state index contributed by atoms with van der Waals surface area (Å²) in [6.07, 6.45) is 1.08. The summed E-state index contributed by atoms with van der Waals surface area (Å²) in [4.78, 5) is 10.6. The van der Waals surface area contributed by atoms with Gasteiger partial charge in [-0.25, -0.2) is 0 Å². The van der Waals surface area contributed by atoms with Gasteiger partial charge in [0.25, 0.3) is 0 Å². The van der Waals surface area contributed by atoms with Gasteiger partial charge in [-0.3, -0.25) is 4.79 Å². The second-order valence-corrected chi connectivity index (χ2v) is 4.77. The minimum atomic E-state index is -0.722. The number of benzene rings is 1. The summed E-state index contributed by atoms with van der Waals surface area (Å²) in [5, 5.41) is 12.0. The van der Waals surface area contributed by atoms with Crippen molar-refractivity contribution in [3.05, 3.63) is 28.2 Å². The molecule has 0 aliphatic carbocycles. The van der Waals surface area contributed by atoms with E-state index in [4.69, 9.17) is 5.11 Å². The lowest BCUT2D eigenvalue weighted by molar-refractivity contribution is -0.138. The first-order valence-electron chi connectivity index (χ1n) is 4.89. The van der Waals surface area contributed by atoms with Crippen LogP contribution < -0.4 is 5.32 Å². The fourth-order valence-corrected chi connectivity index (χ4v) is 2.34. The van der Waals surface area contributed by atoms with E-state index >= 15 is 0 Å². The molecule has 2 N–H and O–H groups in total. The highest BCUT2D eigenvalue weighted by Gasteiger charge is 2.20. The maximum Gasteiger partial charge on any atom is 0.303 e. The zero-order valence-electron chi connectivity index (χ0n) is 8.16. The number of aliphatic carboxylic acids is 1. The smallest absolute Gasteiger partial charge is 0.303 e. The van der Waals surface area contributed by atoms with Crippen LogP contribution >= 0.6 is 15.9 Å². The quantitative estimate of drug-likeness (QED) is 0.868. The first-order chi connectivity index (χ1) is 7.15. The van der Waals surface area contributed by atoms with Crippen LogP contribution in [0.2, 0.25) is 0 Å². The monoisotopic (exact) mass is 269 g/mol. The van der Waals surface area contributed by atoms with Crippen LogP contribution in [-0.4, -0.2) is 17.6 Å². The van der Waals surface area contributed by atoms with Crippen LogP contribution in [0.15, 0.2) is 22.7 Å². The molecule has 4 heteroatoms. The summed E-state index contributed by atoms with van der Waals surface area (Å²) < 4.78 is 1.04. The number of carbonyl (C=O) groups is 1. The van der Waals surface area contributed by atoms with Gasteiger partial charge in [-0.05, 0) is 36.1 Å². The summed E-state index contributed by atoms with van der Waals surface area (Å²) in [7, 11) is 0. The summed E-state index contributed by atoms with van der Waals surface area (Å²) in [6, 6.07) is 6.07. The van der Waals surface area contributed by atoms with Crippen LogP contribution in [0, 0.1) is 5.92 Å². The molecule has 3 nitrogen and oxygen atoms in total. The Kier molecular flexibility index (Phi) is 2.95. The Labute approximate surface area is 96.6 Å². The van der Waals surface area contributed by atoms with Gasteiger partial charge in [0, 0.05) is 16.7 Å². The summed E-state index contributed by atoms with van der Waals surface area (Å²) in [5.41, 5.74) is 2.32. The van der Waals surface area contributed by atoms with E-state index in [-0.39, 0.29) is 12.3 Å². The summed E-state index contributed by atoms with van der Waals surface area (Å²) in [5.74, 6) is -0.524. The Hall–Kier alpha value is -1.03. The molecule has 0 amide bonds. The third-order valence-electron chi connectivity index (χ3n) is 2.62. The molecule has 1 atom stereocenters. The normalized spacial score (nSPS) is 19.1. The molecule has 0 radical (unpaired) electrons. The molecule has 0 bridgehead atoms. The van der Waals surface area contributed by atoms with Crippen molar-refractivity contribution in [2.24, 2.45) is 5.92 Å². The third kappa shape index (κ3) is 2.50. The molecule has 0 aromatic heterocycles. The van der Waals surface area contributed by atoms with Crippen molar-refractivity contribution in [3.8, 4) is 0 Å². The Morgan fingerprint density at radius 3 is 3.13 bits per heavy atom. The predicted octanol–water partition coefficient (Wildman–Crippen LogP) is 2.51. The van der Waals surface area contributed by atoms with Crippen LogP contribution in [0.1, 0.15) is 12.0 Å². The second kappa shape index (κ2) is 4.23. The van der Waals surface area contributed by atoms with Gasteiger partial charge in [0.2, 0.25) is 0 Å². The predicted molar refractivity (Wildman–Crippen MR) is 62.1 cm³/mol. The van der Waals surface area contributed by atoms with Crippen LogP contribution in [0.25, 0.3) is 0 Å². The van der Waals surface area contributed by atoms with E-state index in [0.29, 0.717) is 0 Å². The number of hydrogen-bond donors (Lipinski definition) is 2. The number of carboxylic acids is 1. The maximum absolute atomic E-state index is 10.6. The minimum Gasteiger partial charge on any atom is -0.481 e.